The Bertz CT molecular complexity index is 1500. The van der Waals surface area contributed by atoms with Crippen molar-refractivity contribution in [3.05, 3.63) is 82.4 Å². The lowest BCUT2D eigenvalue weighted by Crippen LogP contribution is -2.26. The van der Waals surface area contributed by atoms with Crippen LogP contribution in [0.25, 0.3) is 27.8 Å². The minimum atomic E-state index is -0.246. The molecule has 3 aromatic heterocycles. The molecule has 0 bridgehead atoms. The number of hydrogen-bond acceptors (Lipinski definition) is 7. The molecule has 0 saturated carbocycles. The summed E-state index contributed by atoms with van der Waals surface area (Å²) < 4.78 is 3.37. The van der Waals surface area contributed by atoms with E-state index in [2.05, 4.69) is 15.0 Å². The van der Waals surface area contributed by atoms with Crippen LogP contribution in [0.4, 0.5) is 5.82 Å². The van der Waals surface area contributed by atoms with E-state index < -0.39 is 0 Å². The summed E-state index contributed by atoms with van der Waals surface area (Å²) in [5.41, 5.74) is 9.44. The summed E-state index contributed by atoms with van der Waals surface area (Å²) in [5, 5.41) is 10.2. The van der Waals surface area contributed by atoms with Crippen molar-refractivity contribution >= 4 is 27.9 Å². The fraction of sp³-hybridized carbons (Fsp3) is 0.136. The monoisotopic (exact) mass is 413 g/mol. The van der Waals surface area contributed by atoms with Gasteiger partial charge in [-0.2, -0.15) is 0 Å². The van der Waals surface area contributed by atoms with Crippen molar-refractivity contribution in [2.24, 2.45) is 0 Å². The highest BCUT2D eigenvalue weighted by Gasteiger charge is 2.18. The number of rotatable bonds is 4. The molecule has 3 heterocycles. The maximum Gasteiger partial charge on any atom is 0.266 e. The van der Waals surface area contributed by atoms with E-state index in [1.165, 1.54) is 6.33 Å². The number of imidazole rings is 1. The van der Waals surface area contributed by atoms with Crippen LogP contribution in [-0.2, 0) is 13.2 Å². The zero-order valence-electron chi connectivity index (χ0n) is 16.7. The van der Waals surface area contributed by atoms with E-state index in [0.29, 0.717) is 39.3 Å². The first-order valence-electron chi connectivity index (χ1n) is 9.70. The van der Waals surface area contributed by atoms with Crippen LogP contribution in [-0.4, -0.2) is 34.2 Å². The highest BCUT2D eigenvalue weighted by molar-refractivity contribution is 5.82. The molecule has 31 heavy (non-hydrogen) atoms. The number of aliphatic hydroxyl groups is 1. The van der Waals surface area contributed by atoms with E-state index in [1.54, 1.807) is 33.7 Å². The number of fused-ring (bicyclic) bond motifs is 2. The minimum absolute atomic E-state index is 0.238. The van der Waals surface area contributed by atoms with Crippen LogP contribution in [0.2, 0.25) is 0 Å². The molecule has 154 valence electrons. The highest BCUT2D eigenvalue weighted by Crippen LogP contribution is 2.21. The molecular formula is C22H19N7O2. The molecule has 0 fully saturated rings. The first-order valence-corrected chi connectivity index (χ1v) is 9.70. The van der Waals surface area contributed by atoms with Crippen molar-refractivity contribution in [3.63, 3.8) is 0 Å². The standard InChI is InChI=1S/C22H19N7O2/c1-13-5-2-3-8-16(13)29-17(9-28-12-26-19-20(23)24-11-25-21(19)28)27-15-7-4-6-14(10-30)18(15)22(29)31/h2-8,11-12,30H,9-10H2,1H3,(H2,23,24,25). The number of nitrogens with two attached hydrogens (primary N) is 1. The van der Waals surface area contributed by atoms with E-state index in [0.717, 1.165) is 11.3 Å². The van der Waals surface area contributed by atoms with E-state index >= 15 is 0 Å². The normalized spacial score (nSPS) is 11.4. The van der Waals surface area contributed by atoms with Crippen LogP contribution in [0.1, 0.15) is 17.0 Å². The van der Waals surface area contributed by atoms with Crippen molar-refractivity contribution in [3.8, 4) is 5.69 Å². The second-order valence-corrected chi connectivity index (χ2v) is 7.23. The Morgan fingerprint density at radius 2 is 1.90 bits per heavy atom. The molecule has 0 radical (unpaired) electrons. The highest BCUT2D eigenvalue weighted by atomic mass is 16.3. The second-order valence-electron chi connectivity index (χ2n) is 7.23. The zero-order chi connectivity index (χ0) is 21.5. The van der Waals surface area contributed by atoms with Crippen molar-refractivity contribution < 1.29 is 5.11 Å². The summed E-state index contributed by atoms with van der Waals surface area (Å²) in [7, 11) is 0. The van der Waals surface area contributed by atoms with Gasteiger partial charge in [0.2, 0.25) is 0 Å². The SMILES string of the molecule is Cc1ccccc1-n1c(Cn2cnc3c(N)ncnc32)nc2cccc(CO)c2c1=O. The summed E-state index contributed by atoms with van der Waals surface area (Å²) in [6.45, 7) is 1.94. The van der Waals surface area contributed by atoms with Gasteiger partial charge in [-0.1, -0.05) is 30.3 Å². The Hall–Kier alpha value is -4.11. The summed E-state index contributed by atoms with van der Waals surface area (Å²) in [4.78, 5) is 31.0. The van der Waals surface area contributed by atoms with Crippen LogP contribution in [0, 0.1) is 6.92 Å². The molecule has 0 spiro atoms. The Kier molecular flexibility index (Phi) is 4.45. The molecule has 0 amide bonds. The second kappa shape index (κ2) is 7.29. The molecule has 5 aromatic rings. The Morgan fingerprint density at radius 1 is 1.06 bits per heavy atom. The van der Waals surface area contributed by atoms with Crippen molar-refractivity contribution in [2.75, 3.05) is 5.73 Å². The Morgan fingerprint density at radius 3 is 2.71 bits per heavy atom. The van der Waals surface area contributed by atoms with E-state index in [4.69, 9.17) is 10.7 Å². The van der Waals surface area contributed by atoms with Crippen LogP contribution in [0.15, 0.2) is 59.9 Å². The van der Waals surface area contributed by atoms with Gasteiger partial charge in [-0.05, 0) is 30.2 Å². The molecule has 0 aliphatic carbocycles. The largest absolute Gasteiger partial charge is 0.392 e. The molecule has 0 atom stereocenters. The minimum Gasteiger partial charge on any atom is -0.392 e. The van der Waals surface area contributed by atoms with Crippen LogP contribution < -0.4 is 11.3 Å². The molecule has 0 unspecified atom stereocenters. The predicted octanol–water partition coefficient (Wildman–Crippen LogP) is 1.96. The van der Waals surface area contributed by atoms with Crippen LogP contribution >= 0.6 is 0 Å². The predicted molar refractivity (Wildman–Crippen MR) is 117 cm³/mol. The third-order valence-corrected chi connectivity index (χ3v) is 5.32. The van der Waals surface area contributed by atoms with E-state index in [-0.39, 0.29) is 18.7 Å². The molecule has 9 heteroatoms. The molecule has 0 saturated heterocycles. The number of aliphatic hydroxyl groups excluding tert-OH is 1. The number of nitrogens with zero attached hydrogens (tertiary/aromatic N) is 6. The number of anilines is 1. The average molecular weight is 413 g/mol. The molecule has 0 aliphatic heterocycles. The zero-order valence-corrected chi connectivity index (χ0v) is 16.7. The van der Waals surface area contributed by atoms with Crippen LogP contribution in [0.5, 0.6) is 0 Å². The molecule has 3 N–H and O–H groups in total. The van der Waals surface area contributed by atoms with Crippen molar-refractivity contribution in [2.45, 2.75) is 20.1 Å². The topological polar surface area (TPSA) is 125 Å². The maximum atomic E-state index is 13.7. The third kappa shape index (κ3) is 3.03. The number of hydrogen-bond donors (Lipinski definition) is 2. The fourth-order valence-corrected chi connectivity index (χ4v) is 3.81. The number of nitrogen functional groups attached to an aromatic ring is 1. The number of aryl methyl sites for hydroxylation is 1. The van der Waals surface area contributed by atoms with E-state index in [1.807, 2.05) is 31.2 Å². The molecule has 0 aliphatic rings. The quantitative estimate of drug-likeness (QED) is 0.461. The summed E-state index contributed by atoms with van der Waals surface area (Å²) >= 11 is 0. The molecule has 5 rings (SSSR count). The van der Waals surface area contributed by atoms with Gasteiger partial charge >= 0.3 is 0 Å². The van der Waals surface area contributed by atoms with Gasteiger partial charge in [0.15, 0.2) is 11.5 Å². The smallest absolute Gasteiger partial charge is 0.266 e. The van der Waals surface area contributed by atoms with Gasteiger partial charge in [0, 0.05) is 0 Å². The van der Waals surface area contributed by atoms with Crippen molar-refractivity contribution in [1.29, 1.82) is 0 Å². The molecule has 9 nitrogen and oxygen atoms in total. The molecule has 2 aromatic carbocycles. The lowest BCUT2D eigenvalue weighted by Gasteiger charge is -2.17. The average Bonchev–Trinajstić information content (AvgIpc) is 3.18. The fourth-order valence-electron chi connectivity index (χ4n) is 3.81. The van der Waals surface area contributed by atoms with Gasteiger partial charge in [0.05, 0.1) is 36.1 Å². The number of benzene rings is 2. The van der Waals surface area contributed by atoms with Gasteiger partial charge in [0.1, 0.15) is 17.7 Å². The summed E-state index contributed by atoms with van der Waals surface area (Å²) in [6, 6.07) is 12.9. The maximum absolute atomic E-state index is 13.7. The van der Waals surface area contributed by atoms with Crippen LogP contribution in [0.3, 0.4) is 0 Å². The molecular weight excluding hydrogens is 394 g/mol. The van der Waals surface area contributed by atoms with Gasteiger partial charge in [-0.25, -0.2) is 19.9 Å². The summed E-state index contributed by atoms with van der Waals surface area (Å²) in [5.74, 6) is 0.803. The Labute approximate surface area is 176 Å². The van der Waals surface area contributed by atoms with Gasteiger partial charge < -0.3 is 15.4 Å². The van der Waals surface area contributed by atoms with Crippen molar-refractivity contribution in [1.82, 2.24) is 29.1 Å². The number of aromatic nitrogens is 6. The lowest BCUT2D eigenvalue weighted by molar-refractivity contribution is 0.283. The third-order valence-electron chi connectivity index (χ3n) is 5.32. The first-order chi connectivity index (χ1) is 15.1. The van der Waals surface area contributed by atoms with Gasteiger partial charge in [-0.15, -0.1) is 0 Å². The number of para-hydroxylation sites is 1. The summed E-state index contributed by atoms with van der Waals surface area (Å²) in [6.07, 6.45) is 2.99. The Balaban J connectivity index is 1.81. The van der Waals surface area contributed by atoms with Gasteiger partial charge in [0.25, 0.3) is 5.56 Å². The first kappa shape index (κ1) is 18.9. The van der Waals surface area contributed by atoms with E-state index in [9.17, 15) is 9.90 Å². The lowest BCUT2D eigenvalue weighted by atomic mass is 10.1. The van der Waals surface area contributed by atoms with Gasteiger partial charge in [-0.3, -0.25) is 9.36 Å².